The van der Waals surface area contributed by atoms with E-state index in [1.54, 1.807) is 6.20 Å². The Hall–Kier alpha value is -3.69. The number of amides is 1. The van der Waals surface area contributed by atoms with Gasteiger partial charge in [-0.1, -0.05) is 18.2 Å². The number of piperazine rings is 1. The summed E-state index contributed by atoms with van der Waals surface area (Å²) < 4.78 is 13.3. The smallest absolute Gasteiger partial charge is 0.259 e. The summed E-state index contributed by atoms with van der Waals surface area (Å²) in [6.07, 6.45) is 3.35. The fraction of sp³-hybridized carbons (Fsp3) is 0.414. The second kappa shape index (κ2) is 10.6. The molecule has 6 rings (SSSR count). The van der Waals surface area contributed by atoms with Crippen molar-refractivity contribution in [3.05, 3.63) is 70.1 Å². The second-order valence-corrected chi connectivity index (χ2v) is 10.2. The Morgan fingerprint density at radius 1 is 1.08 bits per heavy atom. The van der Waals surface area contributed by atoms with E-state index >= 15 is 0 Å². The number of nitrogens with one attached hydrogen (secondary N) is 1. The van der Waals surface area contributed by atoms with Crippen molar-refractivity contribution in [1.82, 2.24) is 24.6 Å². The monoisotopic (exact) mass is 515 g/mol. The van der Waals surface area contributed by atoms with Crippen molar-refractivity contribution in [2.24, 2.45) is 0 Å². The van der Waals surface area contributed by atoms with Gasteiger partial charge in [0.25, 0.3) is 11.5 Å². The van der Waals surface area contributed by atoms with Crippen LogP contribution in [-0.4, -0.2) is 83.0 Å². The first kappa shape index (κ1) is 24.6. The normalized spacial score (nSPS) is 17.3. The van der Waals surface area contributed by atoms with Gasteiger partial charge >= 0.3 is 0 Å². The van der Waals surface area contributed by atoms with Crippen LogP contribution in [-0.2, 0) is 4.74 Å². The number of carbonyl (C=O) groups is 1. The molecule has 198 valence electrons. The van der Waals surface area contributed by atoms with Gasteiger partial charge in [-0.3, -0.25) is 19.2 Å². The molecule has 0 atom stereocenters. The second-order valence-electron chi connectivity index (χ2n) is 10.2. The molecule has 9 nitrogen and oxygen atoms in total. The summed E-state index contributed by atoms with van der Waals surface area (Å²) in [6, 6.07) is 13.9. The summed E-state index contributed by atoms with van der Waals surface area (Å²) in [5.41, 5.74) is 2.90. The Morgan fingerprint density at radius 2 is 1.84 bits per heavy atom. The molecule has 2 fully saturated rings. The fourth-order valence-corrected chi connectivity index (χ4v) is 5.59. The van der Waals surface area contributed by atoms with Gasteiger partial charge in [0.2, 0.25) is 0 Å². The average Bonchev–Trinajstić information content (AvgIpc) is 3.40. The van der Waals surface area contributed by atoms with Crippen LogP contribution in [0.2, 0.25) is 0 Å². The van der Waals surface area contributed by atoms with Gasteiger partial charge in [-0.05, 0) is 49.6 Å². The SMILES string of the molecule is Cc1cc2[nH]c(=O)c3cnn(C4CCOCC4)c3c2cc1C(=O)N1CCN(CCOc2ccccc2)CC1. The van der Waals surface area contributed by atoms with E-state index in [-0.39, 0.29) is 17.5 Å². The average molecular weight is 516 g/mol. The molecule has 1 N–H and O–H groups in total. The van der Waals surface area contributed by atoms with E-state index in [1.165, 1.54) is 0 Å². The predicted octanol–water partition coefficient (Wildman–Crippen LogP) is 3.37. The van der Waals surface area contributed by atoms with Crippen LogP contribution in [0.3, 0.4) is 0 Å². The molecule has 2 aromatic carbocycles. The standard InChI is InChI=1S/C29H33N5O4/c1-20-17-26-24(27-25(28(35)31-26)19-30-34(27)21-7-14-37-15-8-21)18-23(20)29(36)33-11-9-32(10-12-33)13-16-38-22-5-3-2-4-6-22/h2-6,17-19,21H,7-16H2,1H3,(H,31,35). The highest BCUT2D eigenvalue weighted by Crippen LogP contribution is 2.30. The number of rotatable bonds is 6. The van der Waals surface area contributed by atoms with E-state index in [0.29, 0.717) is 43.9 Å². The summed E-state index contributed by atoms with van der Waals surface area (Å²) in [4.78, 5) is 33.8. The van der Waals surface area contributed by atoms with E-state index in [1.807, 2.05) is 59.0 Å². The number of aryl methyl sites for hydroxylation is 1. The van der Waals surface area contributed by atoms with Gasteiger partial charge in [-0.25, -0.2) is 0 Å². The van der Waals surface area contributed by atoms with E-state index in [0.717, 1.165) is 60.2 Å². The summed E-state index contributed by atoms with van der Waals surface area (Å²) in [5.74, 6) is 0.905. The van der Waals surface area contributed by atoms with E-state index in [9.17, 15) is 9.59 Å². The molecule has 4 aromatic rings. The Kier molecular flexibility index (Phi) is 6.86. The van der Waals surface area contributed by atoms with Gasteiger partial charge in [-0.15, -0.1) is 0 Å². The lowest BCUT2D eigenvalue weighted by atomic mass is 10.0. The number of fused-ring (bicyclic) bond motifs is 3. The first-order valence-electron chi connectivity index (χ1n) is 13.4. The fourth-order valence-electron chi connectivity index (χ4n) is 5.59. The lowest BCUT2D eigenvalue weighted by molar-refractivity contribution is 0.0619. The number of hydrogen-bond acceptors (Lipinski definition) is 6. The van der Waals surface area contributed by atoms with Crippen LogP contribution in [0, 0.1) is 6.92 Å². The van der Waals surface area contributed by atoms with Crippen molar-refractivity contribution < 1.29 is 14.3 Å². The van der Waals surface area contributed by atoms with Crippen molar-refractivity contribution in [3.63, 3.8) is 0 Å². The number of hydrogen-bond donors (Lipinski definition) is 1. The molecule has 2 aromatic heterocycles. The van der Waals surface area contributed by atoms with Gasteiger partial charge in [0.15, 0.2) is 0 Å². The zero-order chi connectivity index (χ0) is 26.1. The number of carbonyl (C=O) groups excluding carboxylic acids is 1. The molecule has 0 spiro atoms. The third-order valence-corrected chi connectivity index (χ3v) is 7.75. The summed E-state index contributed by atoms with van der Waals surface area (Å²) in [6.45, 7) is 7.70. The van der Waals surface area contributed by atoms with Gasteiger partial charge in [0.1, 0.15) is 12.4 Å². The highest BCUT2D eigenvalue weighted by atomic mass is 16.5. The topological polar surface area (TPSA) is 92.7 Å². The Bertz CT molecular complexity index is 1500. The number of benzene rings is 2. The Morgan fingerprint density at radius 3 is 2.61 bits per heavy atom. The molecule has 0 saturated carbocycles. The molecule has 2 aliphatic rings. The van der Waals surface area contributed by atoms with E-state index in [2.05, 4.69) is 15.0 Å². The van der Waals surface area contributed by atoms with Crippen molar-refractivity contribution >= 4 is 27.7 Å². The molecular formula is C29H33N5O4. The quantitative estimate of drug-likeness (QED) is 0.423. The number of aromatic nitrogens is 3. The molecule has 0 bridgehead atoms. The first-order valence-corrected chi connectivity index (χ1v) is 13.4. The summed E-state index contributed by atoms with van der Waals surface area (Å²) in [7, 11) is 0. The van der Waals surface area contributed by atoms with Crippen LogP contribution < -0.4 is 10.3 Å². The molecule has 0 radical (unpaired) electrons. The zero-order valence-corrected chi connectivity index (χ0v) is 21.7. The van der Waals surface area contributed by atoms with Gasteiger partial charge in [-0.2, -0.15) is 5.10 Å². The number of H-pyrrole nitrogens is 1. The van der Waals surface area contributed by atoms with Crippen molar-refractivity contribution in [2.75, 3.05) is 52.5 Å². The number of nitrogens with zero attached hydrogens (tertiary/aromatic N) is 4. The largest absolute Gasteiger partial charge is 0.492 e. The molecule has 4 heterocycles. The van der Waals surface area contributed by atoms with Gasteiger partial charge in [0, 0.05) is 56.9 Å². The van der Waals surface area contributed by atoms with Crippen LogP contribution in [0.25, 0.3) is 21.8 Å². The molecule has 38 heavy (non-hydrogen) atoms. The molecule has 0 aliphatic carbocycles. The molecular weight excluding hydrogens is 482 g/mol. The maximum atomic E-state index is 13.7. The summed E-state index contributed by atoms with van der Waals surface area (Å²) >= 11 is 0. The molecule has 2 aliphatic heterocycles. The van der Waals surface area contributed by atoms with Crippen LogP contribution in [0.15, 0.2) is 53.5 Å². The molecule has 2 saturated heterocycles. The number of aromatic amines is 1. The maximum Gasteiger partial charge on any atom is 0.259 e. The first-order chi connectivity index (χ1) is 18.6. The lowest BCUT2D eigenvalue weighted by Gasteiger charge is -2.35. The highest BCUT2D eigenvalue weighted by molar-refractivity contribution is 6.07. The molecule has 9 heteroatoms. The minimum atomic E-state index is -0.156. The van der Waals surface area contributed by atoms with Crippen LogP contribution >= 0.6 is 0 Å². The van der Waals surface area contributed by atoms with Gasteiger partial charge < -0.3 is 19.4 Å². The number of pyridine rings is 1. The third kappa shape index (κ3) is 4.79. The van der Waals surface area contributed by atoms with Crippen molar-refractivity contribution in [3.8, 4) is 5.75 Å². The van der Waals surface area contributed by atoms with Crippen LogP contribution in [0.5, 0.6) is 5.75 Å². The lowest BCUT2D eigenvalue weighted by Crippen LogP contribution is -2.49. The van der Waals surface area contributed by atoms with E-state index in [4.69, 9.17) is 9.47 Å². The van der Waals surface area contributed by atoms with Crippen molar-refractivity contribution in [1.29, 1.82) is 0 Å². The van der Waals surface area contributed by atoms with Gasteiger partial charge in [0.05, 0.1) is 28.7 Å². The Balaban J connectivity index is 1.20. The van der Waals surface area contributed by atoms with Crippen LogP contribution in [0.1, 0.15) is 34.8 Å². The zero-order valence-electron chi connectivity index (χ0n) is 21.7. The molecule has 1 amide bonds. The minimum Gasteiger partial charge on any atom is -0.492 e. The number of para-hydroxylation sites is 1. The maximum absolute atomic E-state index is 13.7. The number of ether oxygens (including phenoxy) is 2. The summed E-state index contributed by atoms with van der Waals surface area (Å²) in [5, 5.41) is 6.01. The van der Waals surface area contributed by atoms with E-state index < -0.39 is 0 Å². The predicted molar refractivity (Wildman–Crippen MR) is 146 cm³/mol. The highest BCUT2D eigenvalue weighted by Gasteiger charge is 2.25. The van der Waals surface area contributed by atoms with Crippen LogP contribution in [0.4, 0.5) is 0 Å². The van der Waals surface area contributed by atoms with Crippen molar-refractivity contribution in [2.45, 2.75) is 25.8 Å². The minimum absolute atomic E-state index is 0.0288. The third-order valence-electron chi connectivity index (χ3n) is 7.75. The Labute approximate surface area is 220 Å². The molecule has 0 unspecified atom stereocenters.